The van der Waals surface area contributed by atoms with E-state index in [0.29, 0.717) is 5.69 Å². The Morgan fingerprint density at radius 3 is 2.13 bits per heavy atom. The zero-order valence-electron chi connectivity index (χ0n) is 11.8. The van der Waals surface area contributed by atoms with Crippen LogP contribution < -0.4 is 5.43 Å². The van der Waals surface area contributed by atoms with Crippen LogP contribution in [0.3, 0.4) is 0 Å². The number of nitro groups is 1. The van der Waals surface area contributed by atoms with Crippen molar-refractivity contribution < 1.29 is 14.5 Å². The van der Waals surface area contributed by atoms with Crippen LogP contribution in [0.25, 0.3) is 11.1 Å². The molecule has 0 spiro atoms. The molecule has 0 radical (unpaired) electrons. The molecule has 0 saturated carbocycles. The first kappa shape index (κ1) is 14.5. The maximum Gasteiger partial charge on any atom is 0.272 e. The summed E-state index contributed by atoms with van der Waals surface area (Å²) in [4.78, 5) is 33.5. The fourth-order valence-corrected chi connectivity index (χ4v) is 2.23. The van der Waals surface area contributed by atoms with Gasteiger partial charge in [-0.15, -0.1) is 0 Å². The van der Waals surface area contributed by atoms with Crippen LogP contribution in [0.5, 0.6) is 0 Å². The lowest BCUT2D eigenvalue weighted by Crippen LogP contribution is -2.35. The first-order valence-corrected chi connectivity index (χ1v) is 6.73. The third-order valence-corrected chi connectivity index (χ3v) is 3.36. The van der Waals surface area contributed by atoms with Gasteiger partial charge in [0.25, 0.3) is 17.5 Å². The molecule has 1 N–H and O–H groups in total. The molecule has 1 aliphatic heterocycles. The van der Waals surface area contributed by atoms with Gasteiger partial charge in [-0.05, 0) is 23.8 Å². The van der Waals surface area contributed by atoms with Crippen molar-refractivity contribution in [2.75, 3.05) is 5.43 Å². The molecule has 2 aromatic rings. The summed E-state index contributed by atoms with van der Waals surface area (Å²) in [6.07, 6.45) is 2.37. The van der Waals surface area contributed by atoms with E-state index in [2.05, 4.69) is 5.43 Å². The first-order valence-electron chi connectivity index (χ1n) is 6.73. The fraction of sp³-hybridized carbons (Fsp3) is 0. The molecule has 3 rings (SSSR count). The molecule has 2 aromatic carbocycles. The Morgan fingerprint density at radius 1 is 0.913 bits per heavy atom. The van der Waals surface area contributed by atoms with Gasteiger partial charge in [-0.1, -0.05) is 18.2 Å². The van der Waals surface area contributed by atoms with Crippen LogP contribution in [0.2, 0.25) is 0 Å². The standard InChI is InChI=1S/C16H11N3O4/c20-15-9-10-16(21)18(15)17-14-4-2-1-3-13(14)11-5-7-12(8-6-11)19(22)23/h1-10,17H. The molecule has 0 aliphatic carbocycles. The minimum absolute atomic E-state index is 0.00621. The largest absolute Gasteiger partial charge is 0.288 e. The van der Waals surface area contributed by atoms with Crippen molar-refractivity contribution in [3.8, 4) is 11.1 Å². The van der Waals surface area contributed by atoms with Crippen molar-refractivity contribution in [1.82, 2.24) is 5.01 Å². The number of non-ortho nitro benzene ring substituents is 1. The van der Waals surface area contributed by atoms with Crippen LogP contribution in [0.1, 0.15) is 0 Å². The van der Waals surface area contributed by atoms with E-state index < -0.39 is 16.7 Å². The van der Waals surface area contributed by atoms with Crippen LogP contribution >= 0.6 is 0 Å². The van der Waals surface area contributed by atoms with Gasteiger partial charge >= 0.3 is 0 Å². The van der Waals surface area contributed by atoms with E-state index in [1.165, 1.54) is 24.3 Å². The van der Waals surface area contributed by atoms with Gasteiger partial charge in [0.15, 0.2) is 0 Å². The van der Waals surface area contributed by atoms with Crippen molar-refractivity contribution in [3.63, 3.8) is 0 Å². The molecule has 23 heavy (non-hydrogen) atoms. The highest BCUT2D eigenvalue weighted by molar-refractivity contribution is 6.13. The third-order valence-electron chi connectivity index (χ3n) is 3.36. The molecule has 1 aliphatic rings. The van der Waals surface area contributed by atoms with Crippen LogP contribution in [0.4, 0.5) is 11.4 Å². The summed E-state index contributed by atoms with van der Waals surface area (Å²) in [5, 5.41) is 11.6. The zero-order valence-corrected chi connectivity index (χ0v) is 11.8. The topological polar surface area (TPSA) is 92.6 Å². The normalized spacial score (nSPS) is 13.5. The number of para-hydroxylation sites is 1. The van der Waals surface area contributed by atoms with Crippen molar-refractivity contribution in [1.29, 1.82) is 0 Å². The number of carbonyl (C=O) groups is 2. The molecule has 0 unspecified atom stereocenters. The Hall–Kier alpha value is -3.48. The minimum atomic E-state index is -0.471. The Morgan fingerprint density at radius 2 is 1.52 bits per heavy atom. The van der Waals surface area contributed by atoms with Gasteiger partial charge in [0.2, 0.25) is 0 Å². The number of nitrogens with zero attached hydrogens (tertiary/aromatic N) is 2. The fourth-order valence-electron chi connectivity index (χ4n) is 2.23. The van der Waals surface area contributed by atoms with E-state index in [-0.39, 0.29) is 5.69 Å². The highest BCUT2D eigenvalue weighted by atomic mass is 16.6. The Balaban J connectivity index is 1.93. The van der Waals surface area contributed by atoms with E-state index in [9.17, 15) is 19.7 Å². The molecule has 0 fully saturated rings. The molecule has 7 nitrogen and oxygen atoms in total. The number of carbonyl (C=O) groups excluding carboxylic acids is 2. The van der Waals surface area contributed by atoms with Crippen LogP contribution in [0, 0.1) is 10.1 Å². The number of rotatable bonds is 4. The smallest absolute Gasteiger partial charge is 0.272 e. The maximum atomic E-state index is 11.6. The Bertz CT molecular complexity index is 809. The van der Waals surface area contributed by atoms with E-state index in [0.717, 1.165) is 16.1 Å². The SMILES string of the molecule is O=C1C=CC(=O)N1Nc1ccccc1-c1ccc([N+](=O)[O-])cc1. The van der Waals surface area contributed by atoms with E-state index in [1.54, 1.807) is 36.4 Å². The number of anilines is 1. The van der Waals surface area contributed by atoms with Gasteiger partial charge in [-0.25, -0.2) is 0 Å². The highest BCUT2D eigenvalue weighted by Crippen LogP contribution is 2.29. The van der Waals surface area contributed by atoms with Gasteiger partial charge in [0, 0.05) is 29.8 Å². The summed E-state index contributed by atoms with van der Waals surface area (Å²) in [5.74, 6) is -0.901. The van der Waals surface area contributed by atoms with Gasteiger partial charge in [0.1, 0.15) is 0 Å². The van der Waals surface area contributed by atoms with Gasteiger partial charge < -0.3 is 0 Å². The first-order chi connectivity index (χ1) is 11.1. The summed E-state index contributed by atoms with van der Waals surface area (Å²) in [6, 6.07) is 13.1. The predicted octanol–water partition coefficient (Wildman–Crippen LogP) is 2.51. The summed E-state index contributed by atoms with van der Waals surface area (Å²) < 4.78 is 0. The Labute approximate surface area is 131 Å². The molecule has 0 aromatic heterocycles. The summed E-state index contributed by atoms with van der Waals surface area (Å²) in [5.41, 5.74) is 4.77. The minimum Gasteiger partial charge on any atom is -0.288 e. The summed E-state index contributed by atoms with van der Waals surface area (Å²) >= 11 is 0. The number of nitrogens with one attached hydrogen (secondary N) is 1. The molecule has 0 atom stereocenters. The lowest BCUT2D eigenvalue weighted by atomic mass is 10.0. The second-order valence-electron chi connectivity index (χ2n) is 4.81. The van der Waals surface area contributed by atoms with Crippen LogP contribution in [-0.2, 0) is 9.59 Å². The average Bonchev–Trinajstić information content (AvgIpc) is 2.87. The molecule has 0 bridgehead atoms. The molecule has 0 saturated heterocycles. The van der Waals surface area contributed by atoms with Crippen molar-refractivity contribution in [3.05, 3.63) is 70.8 Å². The summed E-state index contributed by atoms with van der Waals surface area (Å²) in [6.45, 7) is 0. The number of nitro benzene ring substituents is 1. The maximum absolute atomic E-state index is 11.6. The number of amides is 2. The molecular formula is C16H11N3O4. The van der Waals surface area contributed by atoms with Crippen molar-refractivity contribution in [2.45, 2.75) is 0 Å². The molecular weight excluding hydrogens is 298 g/mol. The average molecular weight is 309 g/mol. The third kappa shape index (κ3) is 2.80. The number of imide groups is 1. The van der Waals surface area contributed by atoms with Gasteiger partial charge in [-0.2, -0.15) is 5.01 Å². The van der Waals surface area contributed by atoms with E-state index in [4.69, 9.17) is 0 Å². The lowest BCUT2D eigenvalue weighted by Gasteiger charge is -2.19. The van der Waals surface area contributed by atoms with Crippen molar-refractivity contribution in [2.24, 2.45) is 0 Å². The second kappa shape index (κ2) is 5.72. The number of hydrazine groups is 1. The van der Waals surface area contributed by atoms with E-state index in [1.807, 2.05) is 0 Å². The number of benzene rings is 2. The summed E-state index contributed by atoms with van der Waals surface area (Å²) in [7, 11) is 0. The quantitative estimate of drug-likeness (QED) is 0.532. The Kier molecular flexibility index (Phi) is 3.60. The highest BCUT2D eigenvalue weighted by Gasteiger charge is 2.24. The lowest BCUT2D eigenvalue weighted by molar-refractivity contribution is -0.384. The molecule has 114 valence electrons. The number of hydrogen-bond donors (Lipinski definition) is 1. The van der Waals surface area contributed by atoms with Crippen LogP contribution in [-0.4, -0.2) is 21.7 Å². The monoisotopic (exact) mass is 309 g/mol. The number of hydrogen-bond acceptors (Lipinski definition) is 5. The van der Waals surface area contributed by atoms with Gasteiger partial charge in [0.05, 0.1) is 10.6 Å². The van der Waals surface area contributed by atoms with Crippen LogP contribution in [0.15, 0.2) is 60.7 Å². The van der Waals surface area contributed by atoms with E-state index >= 15 is 0 Å². The molecule has 2 amide bonds. The van der Waals surface area contributed by atoms with Gasteiger partial charge in [-0.3, -0.25) is 25.1 Å². The predicted molar refractivity (Wildman–Crippen MR) is 83.1 cm³/mol. The molecule has 1 heterocycles. The second-order valence-corrected chi connectivity index (χ2v) is 4.81. The van der Waals surface area contributed by atoms with Crippen molar-refractivity contribution >= 4 is 23.2 Å². The zero-order chi connectivity index (χ0) is 16.4. The molecule has 7 heteroatoms.